The third-order valence-corrected chi connectivity index (χ3v) is 1.75. The van der Waals surface area contributed by atoms with Crippen LogP contribution in [0.3, 0.4) is 0 Å². The van der Waals surface area contributed by atoms with E-state index in [1.165, 1.54) is 0 Å². The summed E-state index contributed by atoms with van der Waals surface area (Å²) >= 11 is 0. The molecule has 0 aromatic carbocycles. The number of hydrogen-bond donors (Lipinski definition) is 3. The van der Waals surface area contributed by atoms with Gasteiger partial charge in [0.2, 0.25) is 5.91 Å². The minimum absolute atomic E-state index is 0.178. The normalized spacial score (nSPS) is 12.1. The summed E-state index contributed by atoms with van der Waals surface area (Å²) < 4.78 is 0. The largest absolute Gasteiger partial charge is 0.480 e. The molecule has 0 aliphatic heterocycles. The molecular formula is C9H18N2O3. The second-order valence-corrected chi connectivity index (χ2v) is 3.04. The molecule has 0 spiro atoms. The second kappa shape index (κ2) is 7.32. The van der Waals surface area contributed by atoms with Gasteiger partial charge in [-0.05, 0) is 19.4 Å². The lowest BCUT2D eigenvalue weighted by Crippen LogP contribution is -2.44. The average Bonchev–Trinajstić information content (AvgIpc) is 2.14. The fourth-order valence-electron chi connectivity index (χ4n) is 0.962. The predicted octanol–water partition coefficient (Wildman–Crippen LogP) is -0.0346. The van der Waals surface area contributed by atoms with E-state index in [0.717, 1.165) is 13.0 Å². The highest BCUT2D eigenvalue weighted by molar-refractivity contribution is 5.84. The Labute approximate surface area is 83.9 Å². The highest BCUT2D eigenvalue weighted by Crippen LogP contribution is 1.89. The maximum Gasteiger partial charge on any atom is 0.326 e. The molecule has 82 valence electrons. The standard InChI is InChI=1S/C9H18N2O3/c1-3-5-10-6-8(12)11-7(4-2)9(13)14/h7,10H,3-6H2,1-2H3,(H,11,12)(H,13,14). The lowest BCUT2D eigenvalue weighted by atomic mass is 10.2. The van der Waals surface area contributed by atoms with Gasteiger partial charge in [-0.25, -0.2) is 4.79 Å². The molecule has 0 aromatic rings. The van der Waals surface area contributed by atoms with Crippen LogP contribution in [0.25, 0.3) is 0 Å². The maximum atomic E-state index is 11.2. The van der Waals surface area contributed by atoms with Crippen molar-refractivity contribution >= 4 is 11.9 Å². The molecule has 0 aromatic heterocycles. The summed E-state index contributed by atoms with van der Waals surface area (Å²) in [5.74, 6) is -1.26. The minimum Gasteiger partial charge on any atom is -0.480 e. The zero-order chi connectivity index (χ0) is 11.0. The van der Waals surface area contributed by atoms with Crippen molar-refractivity contribution in [1.82, 2.24) is 10.6 Å². The van der Waals surface area contributed by atoms with Crippen LogP contribution in [0.5, 0.6) is 0 Å². The Morgan fingerprint density at radius 3 is 2.43 bits per heavy atom. The summed E-state index contributed by atoms with van der Waals surface area (Å²) in [6.45, 7) is 4.66. The maximum absolute atomic E-state index is 11.2. The molecule has 5 nitrogen and oxygen atoms in total. The van der Waals surface area contributed by atoms with E-state index in [1.807, 2.05) is 6.92 Å². The summed E-state index contributed by atoms with van der Waals surface area (Å²) in [7, 11) is 0. The molecule has 1 unspecified atom stereocenters. The molecule has 0 fully saturated rings. The SMILES string of the molecule is CCCNCC(=O)NC(CC)C(=O)O. The van der Waals surface area contributed by atoms with Crippen LogP contribution in [0.2, 0.25) is 0 Å². The van der Waals surface area contributed by atoms with E-state index in [0.29, 0.717) is 6.42 Å². The van der Waals surface area contributed by atoms with Crippen molar-refractivity contribution in [2.45, 2.75) is 32.7 Å². The van der Waals surface area contributed by atoms with E-state index in [1.54, 1.807) is 6.92 Å². The first kappa shape index (κ1) is 12.9. The molecule has 0 aliphatic rings. The fourth-order valence-corrected chi connectivity index (χ4v) is 0.962. The van der Waals surface area contributed by atoms with E-state index in [4.69, 9.17) is 5.11 Å². The molecule has 3 N–H and O–H groups in total. The van der Waals surface area contributed by atoms with Crippen LogP contribution in [-0.2, 0) is 9.59 Å². The average molecular weight is 202 g/mol. The molecule has 0 aliphatic carbocycles. The van der Waals surface area contributed by atoms with Gasteiger partial charge in [-0.15, -0.1) is 0 Å². The Bertz CT molecular complexity index is 194. The van der Waals surface area contributed by atoms with E-state index in [-0.39, 0.29) is 12.5 Å². The van der Waals surface area contributed by atoms with Gasteiger partial charge in [-0.3, -0.25) is 4.79 Å². The van der Waals surface area contributed by atoms with Gasteiger partial charge in [0.25, 0.3) is 0 Å². The summed E-state index contributed by atoms with van der Waals surface area (Å²) in [4.78, 5) is 21.7. The lowest BCUT2D eigenvalue weighted by molar-refractivity contribution is -0.141. The zero-order valence-corrected chi connectivity index (χ0v) is 8.67. The summed E-state index contributed by atoms with van der Waals surface area (Å²) in [6, 6.07) is -0.772. The molecule has 1 amide bonds. The van der Waals surface area contributed by atoms with Crippen LogP contribution in [0.4, 0.5) is 0 Å². The Balaban J connectivity index is 3.74. The molecule has 0 saturated heterocycles. The number of carbonyl (C=O) groups is 2. The first-order valence-electron chi connectivity index (χ1n) is 4.84. The fraction of sp³-hybridized carbons (Fsp3) is 0.778. The van der Waals surface area contributed by atoms with Gasteiger partial charge in [-0.1, -0.05) is 13.8 Å². The van der Waals surface area contributed by atoms with E-state index < -0.39 is 12.0 Å². The molecule has 0 radical (unpaired) electrons. The summed E-state index contributed by atoms with van der Waals surface area (Å²) in [5.41, 5.74) is 0. The van der Waals surface area contributed by atoms with Gasteiger partial charge >= 0.3 is 5.97 Å². The molecule has 1 atom stereocenters. The van der Waals surface area contributed by atoms with E-state index in [2.05, 4.69) is 10.6 Å². The summed E-state index contributed by atoms with van der Waals surface area (Å²) in [5, 5.41) is 14.0. The predicted molar refractivity (Wildman–Crippen MR) is 53.0 cm³/mol. The minimum atomic E-state index is -0.989. The van der Waals surface area contributed by atoms with Crippen LogP contribution in [0, 0.1) is 0 Å². The highest BCUT2D eigenvalue weighted by Gasteiger charge is 2.16. The van der Waals surface area contributed by atoms with Crippen molar-refractivity contribution in [3.8, 4) is 0 Å². The number of amides is 1. The van der Waals surface area contributed by atoms with Crippen LogP contribution >= 0.6 is 0 Å². The number of carboxylic acids is 1. The van der Waals surface area contributed by atoms with Crippen LogP contribution in [0.1, 0.15) is 26.7 Å². The van der Waals surface area contributed by atoms with Crippen LogP contribution < -0.4 is 10.6 Å². The van der Waals surface area contributed by atoms with E-state index in [9.17, 15) is 9.59 Å². The second-order valence-electron chi connectivity index (χ2n) is 3.04. The third kappa shape index (κ3) is 5.53. The van der Waals surface area contributed by atoms with Crippen molar-refractivity contribution in [3.63, 3.8) is 0 Å². The quantitative estimate of drug-likeness (QED) is 0.506. The van der Waals surface area contributed by atoms with Crippen molar-refractivity contribution in [3.05, 3.63) is 0 Å². The Hall–Kier alpha value is -1.10. The van der Waals surface area contributed by atoms with Gasteiger partial charge in [0, 0.05) is 0 Å². The first-order valence-corrected chi connectivity index (χ1v) is 4.84. The topological polar surface area (TPSA) is 78.4 Å². The number of rotatable bonds is 7. The monoisotopic (exact) mass is 202 g/mol. The molecule has 14 heavy (non-hydrogen) atoms. The van der Waals surface area contributed by atoms with Gasteiger partial charge in [0.1, 0.15) is 6.04 Å². The zero-order valence-electron chi connectivity index (χ0n) is 8.67. The molecular weight excluding hydrogens is 184 g/mol. The number of carboxylic acid groups (broad SMARTS) is 1. The van der Waals surface area contributed by atoms with Crippen LogP contribution in [0.15, 0.2) is 0 Å². The molecule has 5 heteroatoms. The Morgan fingerprint density at radius 1 is 1.36 bits per heavy atom. The van der Waals surface area contributed by atoms with Crippen molar-refractivity contribution < 1.29 is 14.7 Å². The van der Waals surface area contributed by atoms with Crippen molar-refractivity contribution in [2.75, 3.05) is 13.1 Å². The van der Waals surface area contributed by atoms with Gasteiger partial charge in [0.15, 0.2) is 0 Å². The molecule has 0 rings (SSSR count). The number of nitrogens with one attached hydrogen (secondary N) is 2. The third-order valence-electron chi connectivity index (χ3n) is 1.75. The van der Waals surface area contributed by atoms with Gasteiger partial charge in [0.05, 0.1) is 6.54 Å². The molecule has 0 bridgehead atoms. The van der Waals surface area contributed by atoms with Gasteiger partial charge in [-0.2, -0.15) is 0 Å². The smallest absolute Gasteiger partial charge is 0.326 e. The van der Waals surface area contributed by atoms with Crippen molar-refractivity contribution in [1.29, 1.82) is 0 Å². The Morgan fingerprint density at radius 2 is 2.00 bits per heavy atom. The molecule has 0 saturated carbocycles. The highest BCUT2D eigenvalue weighted by atomic mass is 16.4. The van der Waals surface area contributed by atoms with Gasteiger partial charge < -0.3 is 15.7 Å². The first-order chi connectivity index (χ1) is 6.61. The molecule has 0 heterocycles. The number of hydrogen-bond acceptors (Lipinski definition) is 3. The Kier molecular flexibility index (Phi) is 6.74. The summed E-state index contributed by atoms with van der Waals surface area (Å²) in [6.07, 6.45) is 1.35. The van der Waals surface area contributed by atoms with Crippen molar-refractivity contribution in [2.24, 2.45) is 0 Å². The van der Waals surface area contributed by atoms with E-state index >= 15 is 0 Å². The number of aliphatic carboxylic acids is 1. The van der Waals surface area contributed by atoms with Crippen LogP contribution in [-0.4, -0.2) is 36.1 Å². The number of carbonyl (C=O) groups excluding carboxylic acids is 1. The lowest BCUT2D eigenvalue weighted by Gasteiger charge is -2.12.